The van der Waals surface area contributed by atoms with E-state index in [0.29, 0.717) is 38.3 Å². The molecule has 1 fully saturated rings. The van der Waals surface area contributed by atoms with Crippen molar-refractivity contribution in [3.05, 3.63) is 28.8 Å². The number of benzene rings is 1. The number of hydrogen-bond donors (Lipinski definition) is 3. The van der Waals surface area contributed by atoms with E-state index in [2.05, 4.69) is 51.8 Å². The third-order valence-corrected chi connectivity index (χ3v) is 5.53. The van der Waals surface area contributed by atoms with Gasteiger partial charge in [-0.15, -0.1) is 0 Å². The van der Waals surface area contributed by atoms with Gasteiger partial charge in [-0.25, -0.2) is 0 Å². The third-order valence-electron chi connectivity index (χ3n) is 5.53. The van der Waals surface area contributed by atoms with Crippen molar-refractivity contribution in [2.75, 3.05) is 39.4 Å². The summed E-state index contributed by atoms with van der Waals surface area (Å²) in [5.41, 5.74) is 2.49. The quantitative estimate of drug-likeness (QED) is 0.632. The molecular weight excluding hydrogens is 380 g/mol. The molecule has 170 valence electrons. The first-order valence-electron chi connectivity index (χ1n) is 11.0. The van der Waals surface area contributed by atoms with Gasteiger partial charge in [0.1, 0.15) is 5.75 Å². The number of phenols is 1. The molecule has 1 heterocycles. The van der Waals surface area contributed by atoms with Crippen LogP contribution in [0.15, 0.2) is 12.1 Å². The van der Waals surface area contributed by atoms with E-state index in [9.17, 15) is 15.0 Å². The molecule has 0 saturated carbocycles. The Labute approximate surface area is 181 Å². The number of nitrogens with zero attached hydrogens (tertiary/aromatic N) is 1. The smallest absolute Gasteiger partial charge is 0.220 e. The maximum Gasteiger partial charge on any atom is 0.220 e. The van der Waals surface area contributed by atoms with Crippen molar-refractivity contribution in [3.8, 4) is 5.75 Å². The molecule has 6 heteroatoms. The van der Waals surface area contributed by atoms with E-state index in [1.54, 1.807) is 0 Å². The molecule has 2 rings (SSSR count). The summed E-state index contributed by atoms with van der Waals surface area (Å²) in [6, 6.07) is 4.04. The van der Waals surface area contributed by atoms with Gasteiger partial charge in [0, 0.05) is 32.6 Å². The zero-order chi connectivity index (χ0) is 22.5. The number of rotatable bonds is 7. The Balaban J connectivity index is 1.94. The summed E-state index contributed by atoms with van der Waals surface area (Å²) >= 11 is 0. The molecule has 0 spiro atoms. The van der Waals surface area contributed by atoms with E-state index in [4.69, 9.17) is 4.74 Å². The number of β-amino-alcohol motifs (C(OH)–C–C–N with tert-alkyl or cyclic N) is 1. The third kappa shape index (κ3) is 7.25. The van der Waals surface area contributed by atoms with Crippen LogP contribution >= 0.6 is 0 Å². The van der Waals surface area contributed by atoms with E-state index in [0.717, 1.165) is 29.8 Å². The number of aryl methyl sites for hydroxylation is 1. The van der Waals surface area contributed by atoms with E-state index >= 15 is 0 Å². The molecule has 1 amide bonds. The standard InChI is InChI=1S/C24H40N2O4/c1-23(2,3)19-13-17(14-20(22(19)29)24(4,5)6)7-8-21(28)25-15-18(27)16-26-9-11-30-12-10-26/h13-14,18,27,29H,7-12,15-16H2,1-6H3,(H,25,28). The van der Waals surface area contributed by atoms with Gasteiger partial charge in [-0.05, 0) is 33.9 Å². The Kier molecular flexibility index (Phi) is 8.31. The van der Waals surface area contributed by atoms with Crippen molar-refractivity contribution in [1.29, 1.82) is 0 Å². The van der Waals surface area contributed by atoms with E-state index in [1.807, 2.05) is 12.1 Å². The first-order chi connectivity index (χ1) is 13.9. The molecule has 6 nitrogen and oxygen atoms in total. The zero-order valence-electron chi connectivity index (χ0n) is 19.5. The summed E-state index contributed by atoms with van der Waals surface area (Å²) in [6.45, 7) is 16.3. The highest BCUT2D eigenvalue weighted by Crippen LogP contribution is 2.39. The SMILES string of the molecule is CC(C)(C)c1cc(CCC(=O)NCC(O)CN2CCOCC2)cc(C(C)(C)C)c1O. The molecule has 0 aliphatic carbocycles. The molecule has 1 saturated heterocycles. The minimum absolute atomic E-state index is 0.0706. The summed E-state index contributed by atoms with van der Waals surface area (Å²) in [5.74, 6) is 0.285. The van der Waals surface area contributed by atoms with Crippen LogP contribution in [-0.2, 0) is 26.8 Å². The fraction of sp³-hybridized carbons (Fsp3) is 0.708. The van der Waals surface area contributed by atoms with Crippen LogP contribution in [0.5, 0.6) is 5.75 Å². The van der Waals surface area contributed by atoms with Gasteiger partial charge in [-0.1, -0.05) is 53.7 Å². The summed E-state index contributed by atoms with van der Waals surface area (Å²) in [4.78, 5) is 14.5. The van der Waals surface area contributed by atoms with Gasteiger partial charge >= 0.3 is 0 Å². The van der Waals surface area contributed by atoms with Gasteiger partial charge in [0.25, 0.3) is 0 Å². The number of aliphatic hydroxyl groups is 1. The molecule has 1 aromatic rings. The van der Waals surface area contributed by atoms with Crippen molar-refractivity contribution in [3.63, 3.8) is 0 Å². The number of morpholine rings is 1. The second-order valence-electron chi connectivity index (χ2n) is 10.4. The Hall–Kier alpha value is -1.63. The minimum atomic E-state index is -0.583. The Morgan fingerprint density at radius 2 is 1.63 bits per heavy atom. The van der Waals surface area contributed by atoms with Crippen molar-refractivity contribution in [2.45, 2.75) is 71.3 Å². The van der Waals surface area contributed by atoms with E-state index in [-0.39, 0.29) is 23.3 Å². The molecule has 1 aliphatic rings. The molecule has 30 heavy (non-hydrogen) atoms. The average Bonchev–Trinajstić information content (AvgIpc) is 2.64. The first kappa shape index (κ1) is 24.6. The highest BCUT2D eigenvalue weighted by Gasteiger charge is 2.26. The van der Waals surface area contributed by atoms with Crippen molar-refractivity contribution >= 4 is 5.91 Å². The van der Waals surface area contributed by atoms with Crippen molar-refractivity contribution in [1.82, 2.24) is 10.2 Å². The molecule has 1 atom stereocenters. The molecule has 0 aromatic heterocycles. The summed E-state index contributed by atoms with van der Waals surface area (Å²) in [5, 5.41) is 23.9. The van der Waals surface area contributed by atoms with Gasteiger partial charge < -0.3 is 20.3 Å². The van der Waals surface area contributed by atoms with Crippen molar-refractivity contribution in [2.24, 2.45) is 0 Å². The van der Waals surface area contributed by atoms with Gasteiger partial charge in [0.2, 0.25) is 5.91 Å². The Morgan fingerprint density at radius 1 is 1.10 bits per heavy atom. The maximum atomic E-state index is 12.3. The van der Waals surface area contributed by atoms with Crippen LogP contribution in [0.3, 0.4) is 0 Å². The average molecular weight is 421 g/mol. The van der Waals surface area contributed by atoms with E-state index in [1.165, 1.54) is 0 Å². The number of ether oxygens (including phenoxy) is 1. The van der Waals surface area contributed by atoms with E-state index < -0.39 is 6.10 Å². The zero-order valence-corrected chi connectivity index (χ0v) is 19.5. The number of aromatic hydroxyl groups is 1. The lowest BCUT2D eigenvalue weighted by Crippen LogP contribution is -2.44. The van der Waals surface area contributed by atoms with Gasteiger partial charge in [0.05, 0.1) is 19.3 Å². The van der Waals surface area contributed by atoms with Crippen LogP contribution in [0, 0.1) is 0 Å². The molecule has 1 aromatic carbocycles. The lowest BCUT2D eigenvalue weighted by Gasteiger charge is -2.28. The number of amides is 1. The number of nitrogens with one attached hydrogen (secondary N) is 1. The lowest BCUT2D eigenvalue weighted by molar-refractivity contribution is -0.121. The fourth-order valence-electron chi connectivity index (χ4n) is 3.71. The second kappa shape index (κ2) is 10.1. The van der Waals surface area contributed by atoms with Crippen LogP contribution < -0.4 is 5.32 Å². The van der Waals surface area contributed by atoms with Gasteiger partial charge in [-0.2, -0.15) is 0 Å². The molecule has 0 bridgehead atoms. The monoisotopic (exact) mass is 420 g/mol. The molecule has 0 radical (unpaired) electrons. The molecule has 1 unspecified atom stereocenters. The number of carbonyl (C=O) groups is 1. The largest absolute Gasteiger partial charge is 0.507 e. The minimum Gasteiger partial charge on any atom is -0.507 e. The molecule has 1 aliphatic heterocycles. The normalized spacial score (nSPS) is 17.0. The van der Waals surface area contributed by atoms with Crippen LogP contribution in [0.4, 0.5) is 0 Å². The number of hydrogen-bond acceptors (Lipinski definition) is 5. The lowest BCUT2D eigenvalue weighted by atomic mass is 9.78. The number of carbonyl (C=O) groups excluding carboxylic acids is 1. The van der Waals surface area contributed by atoms with Gasteiger partial charge in [-0.3, -0.25) is 9.69 Å². The highest BCUT2D eigenvalue weighted by atomic mass is 16.5. The topological polar surface area (TPSA) is 82.0 Å². The van der Waals surface area contributed by atoms with Crippen LogP contribution in [0.2, 0.25) is 0 Å². The highest BCUT2D eigenvalue weighted by molar-refractivity contribution is 5.76. The van der Waals surface area contributed by atoms with Crippen molar-refractivity contribution < 1.29 is 19.7 Å². The second-order valence-corrected chi connectivity index (χ2v) is 10.4. The maximum absolute atomic E-state index is 12.3. The van der Waals surface area contributed by atoms with Crippen LogP contribution in [0.1, 0.15) is 64.7 Å². The molecule has 3 N–H and O–H groups in total. The first-order valence-corrected chi connectivity index (χ1v) is 11.0. The predicted octanol–water partition coefficient (Wildman–Crippen LogP) is 2.73. The summed E-state index contributed by atoms with van der Waals surface area (Å²) in [6.07, 6.45) is 0.362. The molecular formula is C24H40N2O4. The van der Waals surface area contributed by atoms with Crippen LogP contribution in [-0.4, -0.2) is 66.5 Å². The van der Waals surface area contributed by atoms with Gasteiger partial charge in [0.15, 0.2) is 0 Å². The Morgan fingerprint density at radius 3 is 2.13 bits per heavy atom. The number of phenolic OH excluding ortho intramolecular Hbond substituents is 1. The van der Waals surface area contributed by atoms with Crippen LogP contribution in [0.25, 0.3) is 0 Å². The Bertz CT molecular complexity index is 678. The number of aliphatic hydroxyl groups excluding tert-OH is 1. The predicted molar refractivity (Wildman–Crippen MR) is 120 cm³/mol. The fourth-order valence-corrected chi connectivity index (χ4v) is 3.71. The summed E-state index contributed by atoms with van der Waals surface area (Å²) < 4.78 is 5.31. The summed E-state index contributed by atoms with van der Waals surface area (Å²) in [7, 11) is 0.